The van der Waals surface area contributed by atoms with E-state index in [0.29, 0.717) is 33.3 Å². The predicted octanol–water partition coefficient (Wildman–Crippen LogP) is 3.67. The maximum Gasteiger partial charge on any atom is 0.325 e. The van der Waals surface area contributed by atoms with Gasteiger partial charge in [-0.3, -0.25) is 9.69 Å². The fourth-order valence-corrected chi connectivity index (χ4v) is 4.47. The third-order valence-corrected chi connectivity index (χ3v) is 6.30. The van der Waals surface area contributed by atoms with E-state index in [-0.39, 0.29) is 12.5 Å². The number of nitrogens with one attached hydrogen (secondary N) is 1. The highest BCUT2D eigenvalue weighted by Gasteiger charge is 2.49. The Morgan fingerprint density at radius 1 is 1.16 bits per heavy atom. The number of nitriles is 1. The number of ether oxygens (including phenoxy) is 2. The second kappa shape index (κ2) is 8.32. The molecule has 8 nitrogen and oxygen atoms in total. The maximum atomic E-state index is 13.2. The van der Waals surface area contributed by atoms with Crippen molar-refractivity contribution in [1.82, 2.24) is 15.2 Å². The average molecular weight is 449 g/mol. The molecule has 3 aromatic rings. The molecule has 1 saturated heterocycles. The number of rotatable bonds is 6. The monoisotopic (exact) mass is 448 g/mol. The highest BCUT2D eigenvalue weighted by Crippen LogP contribution is 2.39. The molecule has 0 spiro atoms. The van der Waals surface area contributed by atoms with E-state index in [1.165, 1.54) is 11.3 Å². The van der Waals surface area contributed by atoms with Crippen LogP contribution in [0.4, 0.5) is 4.79 Å². The van der Waals surface area contributed by atoms with Gasteiger partial charge < -0.3 is 14.8 Å². The zero-order valence-corrected chi connectivity index (χ0v) is 18.5. The summed E-state index contributed by atoms with van der Waals surface area (Å²) < 4.78 is 10.8. The van der Waals surface area contributed by atoms with E-state index in [2.05, 4.69) is 10.3 Å². The van der Waals surface area contributed by atoms with Gasteiger partial charge in [-0.05, 0) is 36.8 Å². The number of hydrogen-bond donors (Lipinski definition) is 1. The van der Waals surface area contributed by atoms with E-state index in [1.807, 2.05) is 23.6 Å². The van der Waals surface area contributed by atoms with E-state index in [9.17, 15) is 9.59 Å². The highest BCUT2D eigenvalue weighted by atomic mass is 32.1. The Balaban J connectivity index is 1.58. The van der Waals surface area contributed by atoms with Crippen molar-refractivity contribution in [3.8, 4) is 28.1 Å². The van der Waals surface area contributed by atoms with Crippen molar-refractivity contribution in [2.75, 3.05) is 14.2 Å². The molecule has 1 aliphatic rings. The topological polar surface area (TPSA) is 105 Å². The number of imide groups is 1. The van der Waals surface area contributed by atoms with Crippen LogP contribution in [0.1, 0.15) is 23.7 Å². The minimum Gasteiger partial charge on any atom is -0.493 e. The SMILES string of the molecule is COc1cccc(-c2nc(CN3C(=O)NC(C)(c4ccc(C#N)cc4)C3=O)cs2)c1OC. The highest BCUT2D eigenvalue weighted by molar-refractivity contribution is 7.13. The number of nitrogens with zero attached hydrogens (tertiary/aromatic N) is 3. The van der Waals surface area contributed by atoms with E-state index in [0.717, 1.165) is 10.5 Å². The van der Waals surface area contributed by atoms with Gasteiger partial charge in [-0.1, -0.05) is 18.2 Å². The van der Waals surface area contributed by atoms with E-state index in [1.54, 1.807) is 51.5 Å². The second-order valence-corrected chi connectivity index (χ2v) is 8.18. The molecule has 1 aliphatic heterocycles. The number of urea groups is 1. The zero-order valence-electron chi connectivity index (χ0n) is 17.7. The molecule has 0 radical (unpaired) electrons. The molecule has 1 fully saturated rings. The van der Waals surface area contributed by atoms with Gasteiger partial charge in [-0.2, -0.15) is 5.26 Å². The summed E-state index contributed by atoms with van der Waals surface area (Å²) in [7, 11) is 3.13. The number of para-hydroxylation sites is 1. The quantitative estimate of drug-likeness (QED) is 0.577. The van der Waals surface area contributed by atoms with Gasteiger partial charge in [0.1, 0.15) is 10.5 Å². The van der Waals surface area contributed by atoms with Crippen molar-refractivity contribution in [2.45, 2.75) is 19.0 Å². The fourth-order valence-electron chi connectivity index (χ4n) is 3.64. The molecular formula is C23H20N4O4S. The Morgan fingerprint density at radius 3 is 2.56 bits per heavy atom. The molecule has 0 bridgehead atoms. The first-order chi connectivity index (χ1) is 15.4. The molecule has 32 heavy (non-hydrogen) atoms. The molecule has 1 unspecified atom stereocenters. The van der Waals surface area contributed by atoms with Crippen LogP contribution in [-0.2, 0) is 16.9 Å². The minimum atomic E-state index is -1.21. The second-order valence-electron chi connectivity index (χ2n) is 7.32. The van der Waals surface area contributed by atoms with Crippen LogP contribution >= 0.6 is 11.3 Å². The summed E-state index contributed by atoms with van der Waals surface area (Å²) in [5.74, 6) is 0.786. The van der Waals surface area contributed by atoms with Gasteiger partial charge in [0.25, 0.3) is 5.91 Å². The van der Waals surface area contributed by atoms with Gasteiger partial charge >= 0.3 is 6.03 Å². The first kappa shape index (κ1) is 21.3. The molecule has 1 aromatic heterocycles. The largest absolute Gasteiger partial charge is 0.493 e. The molecule has 1 N–H and O–H groups in total. The first-order valence-corrected chi connectivity index (χ1v) is 10.6. The molecule has 0 saturated carbocycles. The van der Waals surface area contributed by atoms with Gasteiger partial charge in [0.2, 0.25) is 0 Å². The number of thiazole rings is 1. The average Bonchev–Trinajstić information content (AvgIpc) is 3.37. The number of methoxy groups -OCH3 is 2. The molecular weight excluding hydrogens is 428 g/mol. The Hall–Kier alpha value is -3.90. The summed E-state index contributed by atoms with van der Waals surface area (Å²) in [6.45, 7) is 1.70. The van der Waals surface area contributed by atoms with Crippen molar-refractivity contribution in [2.24, 2.45) is 0 Å². The van der Waals surface area contributed by atoms with Crippen LogP contribution < -0.4 is 14.8 Å². The zero-order chi connectivity index (χ0) is 22.9. The van der Waals surface area contributed by atoms with Gasteiger partial charge in [0, 0.05) is 5.38 Å². The van der Waals surface area contributed by atoms with Crippen molar-refractivity contribution in [3.05, 3.63) is 64.7 Å². The molecule has 162 valence electrons. The van der Waals surface area contributed by atoms with E-state index >= 15 is 0 Å². The van der Waals surface area contributed by atoms with Crippen LogP contribution in [0.25, 0.3) is 10.6 Å². The van der Waals surface area contributed by atoms with Crippen molar-refractivity contribution >= 4 is 23.3 Å². The Kier molecular flexibility index (Phi) is 5.55. The molecule has 0 aliphatic carbocycles. The Labute approximate surface area is 189 Å². The lowest BCUT2D eigenvalue weighted by Crippen LogP contribution is -2.40. The molecule has 2 heterocycles. The van der Waals surface area contributed by atoms with Crippen molar-refractivity contribution < 1.29 is 19.1 Å². The third kappa shape index (κ3) is 3.55. The van der Waals surface area contributed by atoms with Crippen LogP contribution in [0.2, 0.25) is 0 Å². The molecule has 9 heteroatoms. The smallest absolute Gasteiger partial charge is 0.325 e. The van der Waals surface area contributed by atoms with E-state index < -0.39 is 11.6 Å². The lowest BCUT2D eigenvalue weighted by molar-refractivity contribution is -0.131. The Morgan fingerprint density at radius 2 is 1.91 bits per heavy atom. The van der Waals surface area contributed by atoms with Crippen LogP contribution in [-0.4, -0.2) is 36.0 Å². The van der Waals surface area contributed by atoms with Crippen LogP contribution in [0.3, 0.4) is 0 Å². The standard InChI is InChI=1S/C23H20N4O4S/c1-23(15-9-7-14(11-24)8-10-15)21(28)27(22(29)26-23)12-16-13-32-20(25-16)17-5-4-6-18(30-2)19(17)31-3/h4-10,13H,12H2,1-3H3,(H,26,29). The molecule has 2 aromatic carbocycles. The first-order valence-electron chi connectivity index (χ1n) is 9.71. The molecule has 3 amide bonds. The lowest BCUT2D eigenvalue weighted by Gasteiger charge is -2.22. The van der Waals surface area contributed by atoms with Crippen LogP contribution in [0.5, 0.6) is 11.5 Å². The molecule has 4 rings (SSSR count). The molecule has 1 atom stereocenters. The number of amides is 3. The van der Waals surface area contributed by atoms with Gasteiger partial charge in [-0.15, -0.1) is 11.3 Å². The predicted molar refractivity (Wildman–Crippen MR) is 118 cm³/mol. The van der Waals surface area contributed by atoms with Gasteiger partial charge in [-0.25, -0.2) is 9.78 Å². The van der Waals surface area contributed by atoms with Gasteiger partial charge in [0.15, 0.2) is 11.5 Å². The van der Waals surface area contributed by atoms with Gasteiger partial charge in [0.05, 0.1) is 43.7 Å². The third-order valence-electron chi connectivity index (χ3n) is 5.37. The Bertz CT molecular complexity index is 1230. The summed E-state index contributed by atoms with van der Waals surface area (Å²) in [5.41, 5.74) is 1.23. The minimum absolute atomic E-state index is 0.0410. The maximum absolute atomic E-state index is 13.2. The number of hydrogen-bond acceptors (Lipinski definition) is 7. The normalized spacial score (nSPS) is 17.8. The summed E-state index contributed by atoms with van der Waals surface area (Å²) in [5, 5.41) is 14.3. The number of carbonyl (C=O) groups excluding carboxylic acids is 2. The number of benzene rings is 2. The summed E-state index contributed by atoms with van der Waals surface area (Å²) in [6.07, 6.45) is 0. The van der Waals surface area contributed by atoms with Crippen molar-refractivity contribution in [3.63, 3.8) is 0 Å². The summed E-state index contributed by atoms with van der Waals surface area (Å²) >= 11 is 1.39. The summed E-state index contributed by atoms with van der Waals surface area (Å²) in [6, 6.07) is 13.7. The summed E-state index contributed by atoms with van der Waals surface area (Å²) in [4.78, 5) is 31.6. The number of aromatic nitrogens is 1. The van der Waals surface area contributed by atoms with Crippen molar-refractivity contribution in [1.29, 1.82) is 5.26 Å². The lowest BCUT2D eigenvalue weighted by atomic mass is 9.91. The van der Waals surface area contributed by atoms with Crippen LogP contribution in [0, 0.1) is 11.3 Å². The van der Waals surface area contributed by atoms with Crippen LogP contribution in [0.15, 0.2) is 47.8 Å². The number of carbonyl (C=O) groups is 2. The fraction of sp³-hybridized carbons (Fsp3) is 0.217. The van der Waals surface area contributed by atoms with E-state index in [4.69, 9.17) is 14.7 Å².